The summed E-state index contributed by atoms with van der Waals surface area (Å²) in [7, 11) is -0.230. The first kappa shape index (κ1) is 15.9. The van der Waals surface area contributed by atoms with E-state index in [1.54, 1.807) is 30.9 Å². The number of aromatic nitrogens is 1. The van der Waals surface area contributed by atoms with Crippen LogP contribution in [0.25, 0.3) is 0 Å². The summed E-state index contributed by atoms with van der Waals surface area (Å²) < 4.78 is 28.5. The fourth-order valence-electron chi connectivity index (χ4n) is 2.30. The summed E-state index contributed by atoms with van der Waals surface area (Å²) in [6, 6.07) is 7.32. The van der Waals surface area contributed by atoms with Crippen LogP contribution in [0.3, 0.4) is 0 Å². The van der Waals surface area contributed by atoms with Crippen LogP contribution in [-0.4, -0.2) is 20.0 Å². The Balaban J connectivity index is 2.47. The Hall–Kier alpha value is -1.46. The zero-order valence-corrected chi connectivity index (χ0v) is 14.2. The second kappa shape index (κ2) is 5.73. The van der Waals surface area contributed by atoms with Crippen molar-refractivity contribution in [2.45, 2.75) is 24.6 Å². The number of alkyl halides is 1. The second-order valence-corrected chi connectivity index (χ2v) is 7.41. The van der Waals surface area contributed by atoms with Crippen LogP contribution in [-0.2, 0) is 23.0 Å². The van der Waals surface area contributed by atoms with Gasteiger partial charge in [-0.3, -0.25) is 4.31 Å². The molecule has 0 saturated heterocycles. The predicted molar refractivity (Wildman–Crippen MR) is 86.5 cm³/mol. The normalized spacial score (nSPS) is 11.7. The van der Waals surface area contributed by atoms with Gasteiger partial charge in [0.25, 0.3) is 10.0 Å². The third-order valence-electron chi connectivity index (χ3n) is 3.57. The summed E-state index contributed by atoms with van der Waals surface area (Å²) in [5.41, 5.74) is 3.47. The van der Waals surface area contributed by atoms with Gasteiger partial charge in [-0.05, 0) is 31.5 Å². The number of aryl methyl sites for hydroxylation is 3. The van der Waals surface area contributed by atoms with Crippen molar-refractivity contribution >= 4 is 27.3 Å². The summed E-state index contributed by atoms with van der Waals surface area (Å²) in [6.45, 7) is 3.89. The Kier molecular flexibility index (Phi) is 4.35. The van der Waals surface area contributed by atoms with Crippen molar-refractivity contribution in [1.82, 2.24) is 4.57 Å². The number of sulfonamides is 1. The maximum absolute atomic E-state index is 12.7. The molecule has 0 radical (unpaired) electrons. The molecule has 0 N–H and O–H groups in total. The molecule has 0 unspecified atom stereocenters. The molecule has 0 aliphatic heterocycles. The number of nitrogens with zero attached hydrogens (tertiary/aromatic N) is 2. The fourth-order valence-corrected chi connectivity index (χ4v) is 3.92. The van der Waals surface area contributed by atoms with Crippen LogP contribution in [0.2, 0.25) is 0 Å². The van der Waals surface area contributed by atoms with E-state index in [1.165, 1.54) is 4.31 Å². The average Bonchev–Trinajstić information content (AvgIpc) is 2.80. The van der Waals surface area contributed by atoms with E-state index >= 15 is 0 Å². The molecule has 2 aromatic rings. The minimum absolute atomic E-state index is 0.253. The third-order valence-corrected chi connectivity index (χ3v) is 5.58. The highest BCUT2D eigenvalue weighted by Gasteiger charge is 2.24. The van der Waals surface area contributed by atoms with Crippen molar-refractivity contribution in [3.8, 4) is 0 Å². The predicted octanol–water partition coefficient (Wildman–Crippen LogP) is 3.21. The van der Waals surface area contributed by atoms with Crippen LogP contribution in [0, 0.1) is 13.8 Å². The van der Waals surface area contributed by atoms with E-state index in [0.717, 1.165) is 16.8 Å². The van der Waals surface area contributed by atoms with E-state index in [9.17, 15) is 8.42 Å². The monoisotopic (exact) mass is 326 g/mol. The van der Waals surface area contributed by atoms with Crippen molar-refractivity contribution in [3.63, 3.8) is 0 Å². The average molecular weight is 327 g/mol. The number of hydrogen-bond acceptors (Lipinski definition) is 2. The molecule has 0 bridgehead atoms. The fraction of sp³-hybridized carbons (Fsp3) is 0.333. The highest BCUT2D eigenvalue weighted by Crippen LogP contribution is 2.27. The molecular weight excluding hydrogens is 308 g/mol. The molecular formula is C15H19ClN2O2S. The molecule has 0 atom stereocenters. The van der Waals surface area contributed by atoms with Gasteiger partial charge in [-0.15, -0.1) is 11.6 Å². The lowest BCUT2D eigenvalue weighted by molar-refractivity contribution is 0.594. The molecule has 6 heteroatoms. The van der Waals surface area contributed by atoms with Crippen LogP contribution in [0.4, 0.5) is 5.69 Å². The van der Waals surface area contributed by atoms with Gasteiger partial charge in [0.1, 0.15) is 4.90 Å². The van der Waals surface area contributed by atoms with Gasteiger partial charge in [-0.2, -0.15) is 0 Å². The zero-order chi connectivity index (χ0) is 15.8. The summed E-state index contributed by atoms with van der Waals surface area (Å²) in [4.78, 5) is 0.253. The van der Waals surface area contributed by atoms with Gasteiger partial charge in [0.2, 0.25) is 0 Å². The van der Waals surface area contributed by atoms with Crippen LogP contribution in [0.5, 0.6) is 0 Å². The lowest BCUT2D eigenvalue weighted by Gasteiger charge is -2.21. The van der Waals surface area contributed by atoms with E-state index in [4.69, 9.17) is 11.6 Å². The topological polar surface area (TPSA) is 42.3 Å². The molecule has 0 saturated carbocycles. The molecule has 4 nitrogen and oxygen atoms in total. The van der Waals surface area contributed by atoms with Gasteiger partial charge in [0.05, 0.1) is 11.6 Å². The minimum atomic E-state index is -3.59. The number of halogens is 1. The van der Waals surface area contributed by atoms with E-state index in [1.807, 2.05) is 32.0 Å². The molecule has 1 aromatic carbocycles. The van der Waals surface area contributed by atoms with E-state index in [0.29, 0.717) is 5.69 Å². The molecule has 2 rings (SSSR count). The lowest BCUT2D eigenvalue weighted by atomic mass is 10.1. The van der Waals surface area contributed by atoms with E-state index in [2.05, 4.69) is 0 Å². The van der Waals surface area contributed by atoms with Crippen molar-refractivity contribution < 1.29 is 8.42 Å². The Morgan fingerprint density at radius 3 is 2.43 bits per heavy atom. The van der Waals surface area contributed by atoms with E-state index < -0.39 is 10.0 Å². The van der Waals surface area contributed by atoms with Gasteiger partial charge in [0, 0.05) is 26.0 Å². The number of anilines is 1. The van der Waals surface area contributed by atoms with Crippen molar-refractivity contribution in [2.24, 2.45) is 7.05 Å². The first-order valence-corrected chi connectivity index (χ1v) is 8.52. The molecule has 114 valence electrons. The van der Waals surface area contributed by atoms with Crippen LogP contribution in [0.15, 0.2) is 35.4 Å². The molecule has 1 aromatic heterocycles. The van der Waals surface area contributed by atoms with Crippen molar-refractivity contribution in [1.29, 1.82) is 0 Å². The molecule has 0 amide bonds. The molecule has 0 fully saturated rings. The first-order chi connectivity index (χ1) is 9.77. The van der Waals surface area contributed by atoms with Crippen molar-refractivity contribution in [2.75, 3.05) is 11.4 Å². The Morgan fingerprint density at radius 2 is 1.90 bits per heavy atom. The molecule has 0 spiro atoms. The van der Waals surface area contributed by atoms with Gasteiger partial charge >= 0.3 is 0 Å². The summed E-state index contributed by atoms with van der Waals surface area (Å²) in [5.74, 6) is 0.277. The number of rotatable bonds is 4. The summed E-state index contributed by atoms with van der Waals surface area (Å²) in [5, 5.41) is 0. The Morgan fingerprint density at radius 1 is 1.24 bits per heavy atom. The molecule has 21 heavy (non-hydrogen) atoms. The van der Waals surface area contributed by atoms with Gasteiger partial charge in [-0.1, -0.05) is 17.7 Å². The van der Waals surface area contributed by atoms with Gasteiger partial charge in [-0.25, -0.2) is 8.42 Å². The highest BCUT2D eigenvalue weighted by atomic mass is 35.5. The SMILES string of the molecule is Cc1ccc(N(C)S(=O)(=O)c2cc(CCl)n(C)c2)c(C)c1. The molecule has 0 aliphatic carbocycles. The van der Waals surface area contributed by atoms with Crippen LogP contribution >= 0.6 is 11.6 Å². The largest absolute Gasteiger partial charge is 0.352 e. The summed E-state index contributed by atoms with van der Waals surface area (Å²) >= 11 is 5.81. The van der Waals surface area contributed by atoms with E-state index in [-0.39, 0.29) is 10.8 Å². The maximum Gasteiger partial charge on any atom is 0.265 e. The Bertz CT molecular complexity index is 766. The van der Waals surface area contributed by atoms with Crippen LogP contribution < -0.4 is 4.31 Å². The third kappa shape index (κ3) is 2.94. The second-order valence-electron chi connectivity index (χ2n) is 5.17. The quantitative estimate of drug-likeness (QED) is 0.810. The van der Waals surface area contributed by atoms with Crippen LogP contribution in [0.1, 0.15) is 16.8 Å². The number of benzene rings is 1. The van der Waals surface area contributed by atoms with Crippen molar-refractivity contribution in [3.05, 3.63) is 47.3 Å². The standard InChI is InChI=1S/C15H19ClN2O2S/c1-11-5-6-15(12(2)7-11)18(4)21(19,20)14-8-13(9-16)17(3)10-14/h5-8,10H,9H2,1-4H3. The number of hydrogen-bond donors (Lipinski definition) is 0. The zero-order valence-electron chi connectivity index (χ0n) is 12.6. The smallest absolute Gasteiger partial charge is 0.265 e. The molecule has 1 heterocycles. The minimum Gasteiger partial charge on any atom is -0.352 e. The highest BCUT2D eigenvalue weighted by molar-refractivity contribution is 7.92. The lowest BCUT2D eigenvalue weighted by Crippen LogP contribution is -2.27. The van der Waals surface area contributed by atoms with Gasteiger partial charge < -0.3 is 4.57 Å². The maximum atomic E-state index is 12.7. The molecule has 0 aliphatic rings. The summed E-state index contributed by atoms with van der Waals surface area (Å²) in [6.07, 6.45) is 1.59. The van der Waals surface area contributed by atoms with Gasteiger partial charge in [0.15, 0.2) is 0 Å². The first-order valence-electron chi connectivity index (χ1n) is 6.54. The Labute approximate surface area is 131 Å².